The Morgan fingerprint density at radius 3 is 0.667 bits per heavy atom. The van der Waals surface area contributed by atoms with Crippen molar-refractivity contribution in [1.82, 2.24) is 0 Å². The molecule has 0 spiro atoms. The van der Waals surface area contributed by atoms with Crippen molar-refractivity contribution in [2.75, 3.05) is 0 Å². The summed E-state index contributed by atoms with van der Waals surface area (Å²) in [4.78, 5) is 0. The Bertz CT molecular complexity index is 213. The molecular weight excluding hydrogens is 388 g/mol. The Morgan fingerprint density at radius 2 is 0.667 bits per heavy atom. The fourth-order valence-electron chi connectivity index (χ4n) is 0. The van der Waals surface area contributed by atoms with Gasteiger partial charge in [0, 0.05) is 58.8 Å². The third kappa shape index (κ3) is 492. The van der Waals surface area contributed by atoms with Crippen LogP contribution in [-0.2, 0) is 37.9 Å². The number of hydrogen-bond acceptors (Lipinski definition) is 4. The van der Waals surface area contributed by atoms with Gasteiger partial charge in [-0.15, -0.1) is 0 Å². The van der Waals surface area contributed by atoms with Crippen LogP contribution in [0.15, 0.2) is 0 Å². The molecule has 0 rings (SSSR count). The second-order valence-corrected chi connectivity index (χ2v) is 2.69. The second-order valence-electron chi connectivity index (χ2n) is 0.896. The van der Waals surface area contributed by atoms with Crippen molar-refractivity contribution in [3.63, 3.8) is 0 Å². The van der Waals surface area contributed by atoms with Gasteiger partial charge in [-0.2, -0.15) is 16.8 Å². The number of hydrogen-bond donors (Lipinski definition) is 4. The summed E-state index contributed by atoms with van der Waals surface area (Å²) in [5.74, 6) is 0. The molecule has 0 aliphatic rings. The van der Waals surface area contributed by atoms with E-state index in [1.165, 1.54) is 0 Å². The van der Waals surface area contributed by atoms with Gasteiger partial charge in [0.1, 0.15) is 0 Å². The molecule has 0 unspecified atom stereocenters. The zero-order chi connectivity index (χ0) is 9.00. The Balaban J connectivity index is -0.0000000457. The predicted octanol–water partition coefficient (Wildman–Crippen LogP) is -1.31. The maximum atomic E-state index is 8.74. The van der Waals surface area contributed by atoms with E-state index in [4.69, 9.17) is 35.0 Å². The Morgan fingerprint density at radius 1 is 0.667 bits per heavy atom. The molecule has 0 aromatic heterocycles. The molecule has 0 aliphatic heterocycles. The average Bonchev–Trinajstić information content (AvgIpc) is 1.12. The van der Waals surface area contributed by atoms with Gasteiger partial charge >= 0.3 is 20.8 Å². The van der Waals surface area contributed by atoms with E-state index in [1.54, 1.807) is 0 Å². The van der Waals surface area contributed by atoms with Crippen molar-refractivity contribution in [1.29, 1.82) is 0 Å². The van der Waals surface area contributed by atoms with Crippen molar-refractivity contribution < 1.29 is 93.9 Å². The largest absolute Gasteiger partial charge is 0.394 e. The van der Waals surface area contributed by atoms with E-state index in [2.05, 4.69) is 0 Å². The average molecular weight is 392 g/mol. The van der Waals surface area contributed by atoms with Gasteiger partial charge in [-0.1, -0.05) is 0 Å². The van der Waals surface area contributed by atoms with Gasteiger partial charge in [0.25, 0.3) is 0 Å². The maximum absolute atomic E-state index is 8.74. The first-order chi connectivity index (χ1) is 4.00. The first kappa shape index (κ1) is 23.4. The summed E-state index contributed by atoms with van der Waals surface area (Å²) in [5.41, 5.74) is 0. The van der Waals surface area contributed by atoms with Crippen LogP contribution in [0.2, 0.25) is 0 Å². The Labute approximate surface area is 113 Å². The van der Waals surface area contributed by atoms with Gasteiger partial charge in [0.05, 0.1) is 0 Å². The molecule has 0 aromatic rings. The molecule has 0 bridgehead atoms. The van der Waals surface area contributed by atoms with Crippen LogP contribution in [0, 0.1) is 41.7 Å². The summed E-state index contributed by atoms with van der Waals surface area (Å²) < 4.78 is 63.2. The third-order valence-electron chi connectivity index (χ3n) is 0. The van der Waals surface area contributed by atoms with Gasteiger partial charge in [-0.3, -0.25) is 18.2 Å². The van der Waals surface area contributed by atoms with E-state index < -0.39 is 20.8 Å². The van der Waals surface area contributed by atoms with Crippen molar-refractivity contribution in [2.24, 2.45) is 0 Å². The minimum atomic E-state index is -4.67. The second kappa shape index (κ2) is 9.20. The molecule has 0 fully saturated rings. The van der Waals surface area contributed by atoms with Crippen LogP contribution < -0.4 is 0 Å². The van der Waals surface area contributed by atoms with Crippen molar-refractivity contribution in [3.8, 4) is 0 Å². The van der Waals surface area contributed by atoms with Gasteiger partial charge < -0.3 is 0 Å². The van der Waals surface area contributed by atoms with Crippen LogP contribution in [-0.4, -0.2) is 35.0 Å². The molecule has 0 saturated carbocycles. The van der Waals surface area contributed by atoms with Crippen molar-refractivity contribution in [2.45, 2.75) is 0 Å². The minimum Gasteiger partial charge on any atom is -0.264 e. The zero-order valence-corrected chi connectivity index (χ0v) is 11.0. The predicted molar refractivity (Wildman–Crippen MR) is 28.4 cm³/mol. The van der Waals surface area contributed by atoms with Gasteiger partial charge in [-0.05, 0) is 0 Å². The molecular formula is H4CeFeO8S2. The quantitative estimate of drug-likeness (QED) is 0.293. The first-order valence-electron chi connectivity index (χ1n) is 1.40. The van der Waals surface area contributed by atoms with Gasteiger partial charge in [0.15, 0.2) is 0 Å². The molecule has 0 saturated heterocycles. The number of rotatable bonds is 0. The van der Waals surface area contributed by atoms with E-state index in [0.29, 0.717) is 0 Å². The van der Waals surface area contributed by atoms with Crippen LogP contribution in [0.4, 0.5) is 0 Å². The molecule has 0 atom stereocenters. The zero-order valence-electron chi connectivity index (χ0n) is 5.09. The molecule has 12 heavy (non-hydrogen) atoms. The summed E-state index contributed by atoms with van der Waals surface area (Å²) in [7, 11) is -9.33. The summed E-state index contributed by atoms with van der Waals surface area (Å²) in [5, 5.41) is 0. The molecule has 8 nitrogen and oxygen atoms in total. The normalized spacial score (nSPS) is 9.67. The van der Waals surface area contributed by atoms with E-state index in [9.17, 15) is 0 Å². The standard InChI is InChI=1S/Ce.Fe.2H2O4S/c;;2*1-5(2,3)4/h;;2*(H2,1,2,3,4). The Hall–Kier alpha value is 1.64. The topological polar surface area (TPSA) is 149 Å². The minimum absolute atomic E-state index is 0. The van der Waals surface area contributed by atoms with Crippen LogP contribution in [0.5, 0.6) is 0 Å². The van der Waals surface area contributed by atoms with E-state index >= 15 is 0 Å². The molecule has 76 valence electrons. The molecule has 12 heteroatoms. The molecule has 0 radical (unpaired) electrons. The van der Waals surface area contributed by atoms with E-state index in [-0.39, 0.29) is 58.8 Å². The fraction of sp³-hybridized carbons (Fsp3) is 0. The van der Waals surface area contributed by atoms with Crippen molar-refractivity contribution >= 4 is 20.8 Å². The maximum Gasteiger partial charge on any atom is 0.394 e. The van der Waals surface area contributed by atoms with E-state index in [0.717, 1.165) is 0 Å². The molecule has 0 heterocycles. The smallest absolute Gasteiger partial charge is 0.264 e. The third-order valence-corrected chi connectivity index (χ3v) is 0. The molecule has 4 N–H and O–H groups in total. The first-order valence-corrected chi connectivity index (χ1v) is 4.19. The van der Waals surface area contributed by atoms with Crippen molar-refractivity contribution in [3.05, 3.63) is 0 Å². The fourth-order valence-corrected chi connectivity index (χ4v) is 0. The van der Waals surface area contributed by atoms with Gasteiger partial charge in [0.2, 0.25) is 0 Å². The van der Waals surface area contributed by atoms with Gasteiger partial charge in [-0.25, -0.2) is 0 Å². The summed E-state index contributed by atoms with van der Waals surface area (Å²) in [6, 6.07) is 0. The van der Waals surface area contributed by atoms with Crippen LogP contribution in [0.3, 0.4) is 0 Å². The molecule has 0 aromatic carbocycles. The van der Waals surface area contributed by atoms with Crippen LogP contribution in [0.25, 0.3) is 0 Å². The van der Waals surface area contributed by atoms with Crippen LogP contribution in [0.1, 0.15) is 0 Å². The van der Waals surface area contributed by atoms with Crippen LogP contribution >= 0.6 is 0 Å². The summed E-state index contributed by atoms with van der Waals surface area (Å²) in [6.45, 7) is 0. The Kier molecular flexibility index (Phi) is 18.0. The molecule has 0 amide bonds. The summed E-state index contributed by atoms with van der Waals surface area (Å²) in [6.07, 6.45) is 0. The monoisotopic (exact) mass is 392 g/mol. The summed E-state index contributed by atoms with van der Waals surface area (Å²) >= 11 is 0. The van der Waals surface area contributed by atoms with E-state index in [1.807, 2.05) is 0 Å². The molecule has 0 aliphatic carbocycles. The SMILES string of the molecule is O=S(=O)(O)O.O=S(=O)(O)O.[Ce].[Fe].